The molecule has 0 unspecified atom stereocenters. The van der Waals surface area contributed by atoms with Crippen molar-refractivity contribution in [3.63, 3.8) is 0 Å². The Kier molecular flexibility index (Phi) is 4.88. The van der Waals surface area contributed by atoms with E-state index in [2.05, 4.69) is 0 Å². The monoisotopic (exact) mass is 296 g/mol. The largest absolute Gasteiger partial charge is 0.508 e. The number of phenolic OH excluding ortho intramolecular Hbond substituents is 4. The molecule has 0 fully saturated rings. The van der Waals surface area contributed by atoms with Crippen LogP contribution >= 0.6 is 0 Å². The Labute approximate surface area is 128 Å². The number of rotatable bonds is 1. The number of para-hydroxylation sites is 2. The Morgan fingerprint density at radius 2 is 0.864 bits per heavy atom. The number of benzene rings is 3. The lowest BCUT2D eigenvalue weighted by Gasteiger charge is -2.05. The summed E-state index contributed by atoms with van der Waals surface area (Å²) in [5.74, 6) is 0.526. The van der Waals surface area contributed by atoms with Gasteiger partial charge in [0.1, 0.15) is 23.0 Å². The predicted molar refractivity (Wildman–Crippen MR) is 85.0 cm³/mol. The quantitative estimate of drug-likeness (QED) is 0.549. The lowest BCUT2D eigenvalue weighted by atomic mass is 10.0. The Balaban J connectivity index is 0.000000188. The van der Waals surface area contributed by atoms with E-state index >= 15 is 0 Å². The van der Waals surface area contributed by atoms with E-state index in [9.17, 15) is 10.2 Å². The summed E-state index contributed by atoms with van der Waals surface area (Å²) in [6.45, 7) is 0. The lowest BCUT2D eigenvalue weighted by Crippen LogP contribution is -1.79. The van der Waals surface area contributed by atoms with Crippen molar-refractivity contribution in [2.75, 3.05) is 0 Å². The first-order valence-corrected chi connectivity index (χ1v) is 6.62. The molecule has 4 heteroatoms. The molecule has 3 aromatic carbocycles. The fourth-order valence-electron chi connectivity index (χ4n) is 1.90. The van der Waals surface area contributed by atoms with Crippen LogP contribution < -0.4 is 0 Å². The molecule has 0 spiro atoms. The summed E-state index contributed by atoms with van der Waals surface area (Å²) in [6, 6.07) is 19.7. The van der Waals surface area contributed by atoms with Crippen molar-refractivity contribution in [2.45, 2.75) is 0 Å². The molecule has 3 aromatic rings. The molecular formula is C18H16O4. The molecule has 0 aliphatic rings. The fraction of sp³-hybridized carbons (Fsp3) is 0. The third-order valence-electron chi connectivity index (χ3n) is 2.93. The van der Waals surface area contributed by atoms with Crippen molar-refractivity contribution in [3.8, 4) is 34.1 Å². The highest BCUT2D eigenvalue weighted by Crippen LogP contribution is 2.34. The third-order valence-corrected chi connectivity index (χ3v) is 2.93. The Morgan fingerprint density at radius 3 is 1.18 bits per heavy atom. The summed E-state index contributed by atoms with van der Waals surface area (Å²) in [4.78, 5) is 0. The predicted octanol–water partition coefficient (Wildman–Crippen LogP) is 3.86. The smallest absolute Gasteiger partial charge is 0.123 e. The first-order valence-electron chi connectivity index (χ1n) is 6.62. The number of aromatic hydroxyl groups is 4. The molecule has 0 heterocycles. The molecule has 22 heavy (non-hydrogen) atoms. The minimum absolute atomic E-state index is 0.0880. The molecule has 4 nitrogen and oxygen atoms in total. The van der Waals surface area contributed by atoms with Crippen molar-refractivity contribution in [1.82, 2.24) is 0 Å². The van der Waals surface area contributed by atoms with Gasteiger partial charge in [-0.3, -0.25) is 0 Å². The van der Waals surface area contributed by atoms with Crippen LogP contribution in [0.15, 0.2) is 72.8 Å². The number of hydrogen-bond donors (Lipinski definition) is 4. The van der Waals surface area contributed by atoms with Gasteiger partial charge >= 0.3 is 0 Å². The first-order chi connectivity index (χ1) is 10.6. The van der Waals surface area contributed by atoms with Crippen molar-refractivity contribution < 1.29 is 20.4 Å². The van der Waals surface area contributed by atoms with Gasteiger partial charge < -0.3 is 20.4 Å². The standard InChI is InChI=1S/C12H10O2.C6H6O2/c13-11-7-3-1-5-9(11)10-6-2-4-8-12(10)14;7-5-2-1-3-6(8)4-5/h1-8,13-14H;1-4,7-8H. The maximum atomic E-state index is 9.58. The summed E-state index contributed by atoms with van der Waals surface area (Å²) in [7, 11) is 0. The van der Waals surface area contributed by atoms with Gasteiger partial charge in [-0.25, -0.2) is 0 Å². The van der Waals surface area contributed by atoms with Crippen LogP contribution in [-0.2, 0) is 0 Å². The van der Waals surface area contributed by atoms with Crippen LogP contribution in [0.25, 0.3) is 11.1 Å². The third kappa shape index (κ3) is 3.93. The molecule has 0 saturated heterocycles. The van der Waals surface area contributed by atoms with Gasteiger partial charge in [-0.05, 0) is 24.3 Å². The van der Waals surface area contributed by atoms with Crippen molar-refractivity contribution >= 4 is 0 Å². The van der Waals surface area contributed by atoms with E-state index < -0.39 is 0 Å². The van der Waals surface area contributed by atoms with Crippen LogP contribution in [-0.4, -0.2) is 20.4 Å². The topological polar surface area (TPSA) is 80.9 Å². The molecule has 0 aliphatic carbocycles. The van der Waals surface area contributed by atoms with Crippen LogP contribution in [0.1, 0.15) is 0 Å². The lowest BCUT2D eigenvalue weighted by molar-refractivity contribution is 0.450. The second-order valence-electron chi connectivity index (χ2n) is 4.55. The molecular weight excluding hydrogens is 280 g/mol. The van der Waals surface area contributed by atoms with Crippen molar-refractivity contribution in [1.29, 1.82) is 0 Å². The zero-order valence-corrected chi connectivity index (χ0v) is 11.7. The van der Waals surface area contributed by atoms with Gasteiger partial charge in [-0.1, -0.05) is 42.5 Å². The van der Waals surface area contributed by atoms with Crippen molar-refractivity contribution in [2.24, 2.45) is 0 Å². The average Bonchev–Trinajstić information content (AvgIpc) is 2.49. The summed E-state index contributed by atoms with van der Waals surface area (Å²) in [5, 5.41) is 36.5. The summed E-state index contributed by atoms with van der Waals surface area (Å²) >= 11 is 0. The molecule has 0 amide bonds. The average molecular weight is 296 g/mol. The highest BCUT2D eigenvalue weighted by Gasteiger charge is 2.06. The minimum atomic E-state index is 0.0880. The van der Waals surface area contributed by atoms with Gasteiger partial charge in [0, 0.05) is 17.2 Å². The maximum absolute atomic E-state index is 9.58. The fourth-order valence-corrected chi connectivity index (χ4v) is 1.90. The maximum Gasteiger partial charge on any atom is 0.123 e. The van der Waals surface area contributed by atoms with Crippen LogP contribution in [0.2, 0.25) is 0 Å². The van der Waals surface area contributed by atoms with E-state index in [0.29, 0.717) is 11.1 Å². The minimum Gasteiger partial charge on any atom is -0.508 e. The van der Waals surface area contributed by atoms with Crippen LogP contribution in [0.4, 0.5) is 0 Å². The number of hydrogen-bond acceptors (Lipinski definition) is 4. The van der Waals surface area contributed by atoms with E-state index in [1.807, 2.05) is 12.1 Å². The van der Waals surface area contributed by atoms with Gasteiger partial charge in [0.25, 0.3) is 0 Å². The second-order valence-corrected chi connectivity index (χ2v) is 4.55. The van der Waals surface area contributed by atoms with E-state index in [1.165, 1.54) is 18.2 Å². The van der Waals surface area contributed by atoms with Crippen LogP contribution in [0.5, 0.6) is 23.0 Å². The molecule has 112 valence electrons. The Hall–Kier alpha value is -3.14. The summed E-state index contributed by atoms with van der Waals surface area (Å²) in [6.07, 6.45) is 0. The van der Waals surface area contributed by atoms with E-state index in [-0.39, 0.29) is 23.0 Å². The molecule has 3 rings (SSSR count). The normalized spacial score (nSPS) is 9.64. The van der Waals surface area contributed by atoms with Crippen LogP contribution in [0.3, 0.4) is 0 Å². The zero-order chi connectivity index (χ0) is 15.9. The van der Waals surface area contributed by atoms with Gasteiger partial charge in [0.2, 0.25) is 0 Å². The van der Waals surface area contributed by atoms with Crippen LogP contribution in [0, 0.1) is 0 Å². The Morgan fingerprint density at radius 1 is 0.455 bits per heavy atom. The molecule has 4 N–H and O–H groups in total. The first kappa shape index (κ1) is 15.3. The SMILES string of the molecule is Oc1cccc(O)c1.Oc1ccccc1-c1ccccc1O. The van der Waals surface area contributed by atoms with E-state index in [1.54, 1.807) is 42.5 Å². The highest BCUT2D eigenvalue weighted by molar-refractivity contribution is 5.74. The molecule has 0 atom stereocenters. The molecule has 0 aromatic heterocycles. The van der Waals surface area contributed by atoms with Gasteiger partial charge in [-0.2, -0.15) is 0 Å². The molecule has 0 aliphatic heterocycles. The zero-order valence-electron chi connectivity index (χ0n) is 11.7. The van der Waals surface area contributed by atoms with Gasteiger partial charge in [0.15, 0.2) is 0 Å². The molecule has 0 radical (unpaired) electrons. The van der Waals surface area contributed by atoms with E-state index in [0.717, 1.165) is 0 Å². The summed E-state index contributed by atoms with van der Waals surface area (Å²) < 4.78 is 0. The summed E-state index contributed by atoms with van der Waals surface area (Å²) in [5.41, 5.74) is 1.29. The van der Waals surface area contributed by atoms with E-state index in [4.69, 9.17) is 10.2 Å². The second kappa shape index (κ2) is 7.04. The Bertz CT molecular complexity index is 693. The highest BCUT2D eigenvalue weighted by atomic mass is 16.3. The number of phenols is 4. The van der Waals surface area contributed by atoms with Crippen molar-refractivity contribution in [3.05, 3.63) is 72.8 Å². The molecule has 0 bridgehead atoms. The van der Waals surface area contributed by atoms with Gasteiger partial charge in [-0.15, -0.1) is 0 Å². The molecule has 0 saturated carbocycles. The van der Waals surface area contributed by atoms with Gasteiger partial charge in [0.05, 0.1) is 0 Å².